The molecule has 1 fully saturated rings. The molecule has 5 heteroatoms. The van der Waals surface area contributed by atoms with E-state index in [4.69, 9.17) is 0 Å². The third-order valence-corrected chi connectivity index (χ3v) is 5.05. The van der Waals surface area contributed by atoms with E-state index >= 15 is 0 Å². The normalized spacial score (nSPS) is 17.3. The number of hydrogen-bond donors (Lipinski definition) is 1. The first-order valence-electron chi connectivity index (χ1n) is 9.42. The summed E-state index contributed by atoms with van der Waals surface area (Å²) in [6, 6.07) is 10.3. The molecule has 0 aliphatic carbocycles. The lowest BCUT2D eigenvalue weighted by Crippen LogP contribution is -2.39. The lowest BCUT2D eigenvalue weighted by molar-refractivity contribution is -0.132. The third kappa shape index (κ3) is 4.67. The van der Waals surface area contributed by atoms with E-state index in [1.54, 1.807) is 6.20 Å². The Hall–Kier alpha value is -2.27. The van der Waals surface area contributed by atoms with Gasteiger partial charge in [0.2, 0.25) is 5.91 Å². The number of aliphatic hydroxyl groups is 1. The molecule has 1 amide bonds. The zero-order valence-corrected chi connectivity index (χ0v) is 15.4. The zero-order chi connectivity index (χ0) is 18.4. The van der Waals surface area contributed by atoms with Gasteiger partial charge in [0.25, 0.3) is 0 Å². The first-order chi connectivity index (χ1) is 12.7. The van der Waals surface area contributed by atoms with E-state index in [-0.39, 0.29) is 18.4 Å². The molecule has 1 N–H and O–H groups in total. The van der Waals surface area contributed by atoms with Gasteiger partial charge in [-0.2, -0.15) is 0 Å². The summed E-state index contributed by atoms with van der Waals surface area (Å²) in [7, 11) is 0. The van der Waals surface area contributed by atoms with Gasteiger partial charge in [-0.15, -0.1) is 0 Å². The van der Waals surface area contributed by atoms with Gasteiger partial charge in [0.05, 0.1) is 12.3 Å². The van der Waals surface area contributed by atoms with Gasteiger partial charge >= 0.3 is 0 Å². The molecule has 0 saturated carbocycles. The summed E-state index contributed by atoms with van der Waals surface area (Å²) in [6.45, 7) is 3.31. The number of aryl methyl sites for hydroxylation is 2. The number of nitrogens with zero attached hydrogens (tertiary/aromatic N) is 3. The summed E-state index contributed by atoms with van der Waals surface area (Å²) in [5.74, 6) is 1.12. The van der Waals surface area contributed by atoms with E-state index in [1.165, 1.54) is 5.56 Å². The number of aromatic nitrogens is 2. The second-order valence-electron chi connectivity index (χ2n) is 7.00. The van der Waals surface area contributed by atoms with E-state index < -0.39 is 0 Å². The van der Waals surface area contributed by atoms with Crippen molar-refractivity contribution in [1.29, 1.82) is 0 Å². The first kappa shape index (κ1) is 18.5. The summed E-state index contributed by atoms with van der Waals surface area (Å²) in [6.07, 6.45) is 6.07. The average Bonchev–Trinajstić information content (AvgIpc) is 2.69. The molecule has 1 saturated heterocycles. The van der Waals surface area contributed by atoms with E-state index in [2.05, 4.69) is 22.1 Å². The Balaban J connectivity index is 1.58. The molecule has 1 aromatic heterocycles. The van der Waals surface area contributed by atoms with Crippen LogP contribution in [0.15, 0.2) is 36.5 Å². The maximum Gasteiger partial charge on any atom is 0.222 e. The van der Waals surface area contributed by atoms with Gasteiger partial charge in [-0.1, -0.05) is 30.3 Å². The van der Waals surface area contributed by atoms with E-state index in [0.29, 0.717) is 18.8 Å². The van der Waals surface area contributed by atoms with Gasteiger partial charge in [0, 0.05) is 37.2 Å². The second-order valence-corrected chi connectivity index (χ2v) is 7.00. The Morgan fingerprint density at radius 3 is 2.88 bits per heavy atom. The van der Waals surface area contributed by atoms with Crippen LogP contribution in [-0.4, -0.2) is 39.0 Å². The molecule has 0 bridgehead atoms. The minimum Gasteiger partial charge on any atom is -0.392 e. The Morgan fingerprint density at radius 2 is 2.12 bits per heavy atom. The number of benzene rings is 1. The summed E-state index contributed by atoms with van der Waals surface area (Å²) in [5.41, 5.74) is 2.96. The summed E-state index contributed by atoms with van der Waals surface area (Å²) < 4.78 is 0. The number of carbonyl (C=O) groups excluding carboxylic acids is 1. The van der Waals surface area contributed by atoms with Crippen LogP contribution in [0.5, 0.6) is 0 Å². The lowest BCUT2D eigenvalue weighted by atomic mass is 9.91. The topological polar surface area (TPSA) is 66.3 Å². The van der Waals surface area contributed by atoms with Crippen LogP contribution >= 0.6 is 0 Å². The van der Waals surface area contributed by atoms with Crippen molar-refractivity contribution in [3.8, 4) is 0 Å². The molecule has 5 nitrogen and oxygen atoms in total. The Morgan fingerprint density at radius 1 is 1.31 bits per heavy atom. The van der Waals surface area contributed by atoms with Crippen molar-refractivity contribution in [2.45, 2.75) is 51.6 Å². The second kappa shape index (κ2) is 8.90. The maximum absolute atomic E-state index is 12.6. The number of aliphatic hydroxyl groups excluding tert-OH is 1. The average molecular weight is 353 g/mol. The fourth-order valence-corrected chi connectivity index (χ4v) is 3.66. The van der Waals surface area contributed by atoms with Crippen LogP contribution in [0.2, 0.25) is 0 Å². The number of hydrogen-bond acceptors (Lipinski definition) is 4. The summed E-state index contributed by atoms with van der Waals surface area (Å²) in [4.78, 5) is 23.3. The van der Waals surface area contributed by atoms with Crippen LogP contribution in [-0.2, 0) is 17.8 Å². The standard InChI is InChI=1S/C21H27N3O2/c1-16-22-13-19(15-25)21(23-16)18-10-6-12-24(14-18)20(26)11-5-9-17-7-3-2-4-8-17/h2-4,7-8,13,18,25H,5-6,9-12,14-15H2,1H3. The Labute approximate surface area is 155 Å². The number of amides is 1. The number of likely N-dealkylation sites (tertiary alicyclic amines) is 1. The maximum atomic E-state index is 12.6. The van der Waals surface area contributed by atoms with Gasteiger partial charge < -0.3 is 10.0 Å². The summed E-state index contributed by atoms with van der Waals surface area (Å²) in [5, 5.41) is 9.58. The molecule has 3 rings (SSSR count). The van der Waals surface area contributed by atoms with Crippen LogP contribution in [0.1, 0.15) is 54.2 Å². The Kier molecular flexibility index (Phi) is 6.34. The van der Waals surface area contributed by atoms with Crippen molar-refractivity contribution in [2.24, 2.45) is 0 Å². The molecule has 26 heavy (non-hydrogen) atoms. The van der Waals surface area contributed by atoms with Gasteiger partial charge in [0.1, 0.15) is 5.82 Å². The molecule has 0 radical (unpaired) electrons. The third-order valence-electron chi connectivity index (χ3n) is 5.05. The van der Waals surface area contributed by atoms with Crippen LogP contribution in [0.25, 0.3) is 0 Å². The van der Waals surface area contributed by atoms with E-state index in [9.17, 15) is 9.90 Å². The quantitative estimate of drug-likeness (QED) is 0.867. The van der Waals surface area contributed by atoms with Crippen LogP contribution in [0.3, 0.4) is 0 Å². The highest BCUT2D eigenvalue weighted by Gasteiger charge is 2.27. The van der Waals surface area contributed by atoms with Crippen molar-refractivity contribution in [1.82, 2.24) is 14.9 Å². The molecule has 2 heterocycles. The monoisotopic (exact) mass is 353 g/mol. The minimum absolute atomic E-state index is 0.0584. The number of carbonyl (C=O) groups is 1. The highest BCUT2D eigenvalue weighted by atomic mass is 16.3. The van der Waals surface area contributed by atoms with Crippen LogP contribution in [0.4, 0.5) is 0 Å². The molecular formula is C21H27N3O2. The van der Waals surface area contributed by atoms with Crippen LogP contribution in [0, 0.1) is 6.92 Å². The minimum atomic E-state index is -0.0584. The highest BCUT2D eigenvalue weighted by Crippen LogP contribution is 2.28. The Bertz CT molecular complexity index is 733. The SMILES string of the molecule is Cc1ncc(CO)c(C2CCCN(C(=O)CCCc3ccccc3)C2)n1. The van der Waals surface area contributed by atoms with Crippen molar-refractivity contribution in [3.05, 3.63) is 59.2 Å². The molecular weight excluding hydrogens is 326 g/mol. The molecule has 1 aliphatic heterocycles. The first-order valence-corrected chi connectivity index (χ1v) is 9.42. The predicted molar refractivity (Wildman–Crippen MR) is 101 cm³/mol. The fourth-order valence-electron chi connectivity index (χ4n) is 3.66. The molecule has 1 aromatic carbocycles. The van der Waals surface area contributed by atoms with Gasteiger partial charge in [-0.05, 0) is 38.2 Å². The van der Waals surface area contributed by atoms with Crippen molar-refractivity contribution >= 4 is 5.91 Å². The predicted octanol–water partition coefficient (Wildman–Crippen LogP) is 3.01. The fraction of sp³-hybridized carbons (Fsp3) is 0.476. The molecule has 1 atom stereocenters. The van der Waals surface area contributed by atoms with Crippen molar-refractivity contribution in [2.75, 3.05) is 13.1 Å². The summed E-state index contributed by atoms with van der Waals surface area (Å²) >= 11 is 0. The highest BCUT2D eigenvalue weighted by molar-refractivity contribution is 5.76. The van der Waals surface area contributed by atoms with Gasteiger partial charge in [0.15, 0.2) is 0 Å². The van der Waals surface area contributed by atoms with E-state index in [1.807, 2.05) is 30.0 Å². The van der Waals surface area contributed by atoms with Gasteiger partial charge in [-0.25, -0.2) is 9.97 Å². The molecule has 0 spiro atoms. The zero-order valence-electron chi connectivity index (χ0n) is 15.4. The van der Waals surface area contributed by atoms with E-state index in [0.717, 1.165) is 43.5 Å². The molecule has 138 valence electrons. The number of piperidine rings is 1. The smallest absolute Gasteiger partial charge is 0.222 e. The largest absolute Gasteiger partial charge is 0.392 e. The lowest BCUT2D eigenvalue weighted by Gasteiger charge is -2.33. The molecule has 2 aromatic rings. The van der Waals surface area contributed by atoms with Crippen molar-refractivity contribution < 1.29 is 9.90 Å². The molecule has 1 aliphatic rings. The van der Waals surface area contributed by atoms with Gasteiger partial charge in [-0.3, -0.25) is 4.79 Å². The number of rotatable bonds is 6. The van der Waals surface area contributed by atoms with Crippen LogP contribution < -0.4 is 0 Å². The van der Waals surface area contributed by atoms with Crippen molar-refractivity contribution in [3.63, 3.8) is 0 Å². The molecule has 1 unspecified atom stereocenters.